The summed E-state index contributed by atoms with van der Waals surface area (Å²) in [5, 5.41) is 3.75. The van der Waals surface area contributed by atoms with Crippen LogP contribution in [0.25, 0.3) is 22.2 Å². The molecular formula is C27H24N4O2. The molecule has 0 saturated carbocycles. The lowest BCUT2D eigenvalue weighted by atomic mass is 10.0. The van der Waals surface area contributed by atoms with E-state index in [0.29, 0.717) is 31.7 Å². The summed E-state index contributed by atoms with van der Waals surface area (Å²) < 4.78 is 0. The lowest BCUT2D eigenvalue weighted by Crippen LogP contribution is -2.51. The molecule has 2 heterocycles. The van der Waals surface area contributed by atoms with Gasteiger partial charge in [-0.15, -0.1) is 0 Å². The van der Waals surface area contributed by atoms with E-state index in [9.17, 15) is 9.59 Å². The van der Waals surface area contributed by atoms with E-state index in [-0.39, 0.29) is 11.9 Å². The Balaban J connectivity index is 1.35. The van der Waals surface area contributed by atoms with Gasteiger partial charge in [0.1, 0.15) is 0 Å². The molecule has 33 heavy (non-hydrogen) atoms. The fraction of sp³-hybridized carbons (Fsp3) is 0.148. The number of benzene rings is 3. The van der Waals surface area contributed by atoms with Crippen LogP contribution in [0.5, 0.6) is 0 Å². The van der Waals surface area contributed by atoms with Gasteiger partial charge in [0, 0.05) is 42.8 Å². The summed E-state index contributed by atoms with van der Waals surface area (Å²) in [6.07, 6.45) is 0. The molecule has 3 aromatic carbocycles. The van der Waals surface area contributed by atoms with Crippen LogP contribution in [0, 0.1) is 0 Å². The zero-order valence-electron chi connectivity index (χ0n) is 18.1. The predicted octanol–water partition coefficient (Wildman–Crippen LogP) is 4.89. The molecule has 0 unspecified atom stereocenters. The number of carbonyl (C=O) groups is 2. The van der Waals surface area contributed by atoms with E-state index in [2.05, 4.69) is 5.32 Å². The van der Waals surface area contributed by atoms with Gasteiger partial charge in [0.05, 0.1) is 16.8 Å². The molecule has 4 aromatic rings. The van der Waals surface area contributed by atoms with E-state index in [0.717, 1.165) is 27.8 Å². The van der Waals surface area contributed by atoms with Gasteiger partial charge in [-0.3, -0.25) is 4.79 Å². The van der Waals surface area contributed by atoms with Gasteiger partial charge in [-0.05, 0) is 24.3 Å². The van der Waals surface area contributed by atoms with Crippen molar-refractivity contribution < 1.29 is 9.59 Å². The SMILES string of the molecule is O=C(Nc1ccccc1)N1CCN(C(=O)c2cc(-c3ccccc3)nc3ccccc23)CC1. The maximum absolute atomic E-state index is 13.5. The van der Waals surface area contributed by atoms with Crippen molar-refractivity contribution in [2.24, 2.45) is 0 Å². The highest BCUT2D eigenvalue weighted by Gasteiger charge is 2.26. The normalized spacial score (nSPS) is 13.7. The first-order chi connectivity index (χ1) is 16.2. The van der Waals surface area contributed by atoms with Crippen LogP contribution in [-0.4, -0.2) is 52.9 Å². The molecule has 164 valence electrons. The second-order valence-electron chi connectivity index (χ2n) is 8.01. The fourth-order valence-corrected chi connectivity index (χ4v) is 4.12. The molecule has 0 aliphatic carbocycles. The van der Waals surface area contributed by atoms with Gasteiger partial charge in [0.15, 0.2) is 0 Å². The van der Waals surface area contributed by atoms with E-state index in [1.807, 2.05) is 95.9 Å². The summed E-state index contributed by atoms with van der Waals surface area (Å²) in [7, 11) is 0. The average Bonchev–Trinajstić information content (AvgIpc) is 2.89. The largest absolute Gasteiger partial charge is 0.335 e. The molecule has 0 radical (unpaired) electrons. The molecule has 0 atom stereocenters. The number of aromatic nitrogens is 1. The molecule has 3 amide bonds. The van der Waals surface area contributed by atoms with Crippen LogP contribution >= 0.6 is 0 Å². The van der Waals surface area contributed by atoms with Crippen LogP contribution in [0.4, 0.5) is 10.5 Å². The number of hydrogen-bond acceptors (Lipinski definition) is 3. The average molecular weight is 437 g/mol. The minimum atomic E-state index is -0.144. The fourth-order valence-electron chi connectivity index (χ4n) is 4.12. The van der Waals surface area contributed by atoms with Crippen molar-refractivity contribution in [1.82, 2.24) is 14.8 Å². The predicted molar refractivity (Wildman–Crippen MR) is 130 cm³/mol. The number of nitrogens with one attached hydrogen (secondary N) is 1. The zero-order valence-corrected chi connectivity index (χ0v) is 18.1. The Morgan fingerprint density at radius 1 is 0.727 bits per heavy atom. The van der Waals surface area contributed by atoms with Crippen molar-refractivity contribution in [1.29, 1.82) is 0 Å². The van der Waals surface area contributed by atoms with Gasteiger partial charge in [-0.25, -0.2) is 9.78 Å². The lowest BCUT2D eigenvalue weighted by molar-refractivity contribution is 0.0673. The Morgan fingerprint density at radius 2 is 1.33 bits per heavy atom. The third kappa shape index (κ3) is 4.41. The maximum Gasteiger partial charge on any atom is 0.321 e. The molecule has 6 heteroatoms. The number of rotatable bonds is 3. The minimum absolute atomic E-state index is 0.0334. The number of nitrogens with zero attached hydrogens (tertiary/aromatic N) is 3. The van der Waals surface area contributed by atoms with Crippen molar-refractivity contribution in [3.05, 3.63) is 96.6 Å². The van der Waals surface area contributed by atoms with Crippen molar-refractivity contribution >= 4 is 28.5 Å². The third-order valence-electron chi connectivity index (χ3n) is 5.90. The highest BCUT2D eigenvalue weighted by atomic mass is 16.2. The number of para-hydroxylation sites is 2. The van der Waals surface area contributed by atoms with E-state index >= 15 is 0 Å². The topological polar surface area (TPSA) is 65.5 Å². The second-order valence-corrected chi connectivity index (χ2v) is 8.01. The Bertz CT molecular complexity index is 1280. The van der Waals surface area contributed by atoms with E-state index in [1.165, 1.54) is 0 Å². The smallest absolute Gasteiger partial charge is 0.321 e. The number of pyridine rings is 1. The molecular weight excluding hydrogens is 412 g/mol. The second kappa shape index (κ2) is 9.12. The lowest BCUT2D eigenvalue weighted by Gasteiger charge is -2.35. The number of urea groups is 1. The minimum Gasteiger partial charge on any atom is -0.335 e. The summed E-state index contributed by atoms with van der Waals surface area (Å²) in [6.45, 7) is 1.94. The molecule has 0 bridgehead atoms. The van der Waals surface area contributed by atoms with E-state index in [4.69, 9.17) is 4.98 Å². The number of hydrogen-bond donors (Lipinski definition) is 1. The number of piperazine rings is 1. The van der Waals surface area contributed by atoms with Gasteiger partial charge >= 0.3 is 6.03 Å². The van der Waals surface area contributed by atoms with Crippen LogP contribution in [-0.2, 0) is 0 Å². The molecule has 1 aromatic heterocycles. The number of carbonyl (C=O) groups excluding carboxylic acids is 2. The number of fused-ring (bicyclic) bond motifs is 1. The first-order valence-electron chi connectivity index (χ1n) is 11.0. The first kappa shape index (κ1) is 20.7. The van der Waals surface area contributed by atoms with Crippen LogP contribution in [0.1, 0.15) is 10.4 Å². The van der Waals surface area contributed by atoms with Gasteiger partial charge in [0.25, 0.3) is 5.91 Å². The van der Waals surface area contributed by atoms with Crippen molar-refractivity contribution in [2.45, 2.75) is 0 Å². The molecule has 6 nitrogen and oxygen atoms in total. The highest BCUT2D eigenvalue weighted by molar-refractivity contribution is 6.07. The van der Waals surface area contributed by atoms with E-state index < -0.39 is 0 Å². The standard InChI is InChI=1S/C27H24N4O2/c32-26(30-15-17-31(18-16-30)27(33)28-21-11-5-2-6-12-21)23-19-25(20-9-3-1-4-10-20)29-24-14-8-7-13-22(23)24/h1-14,19H,15-18H2,(H,28,33). The van der Waals surface area contributed by atoms with Gasteiger partial charge in [-0.2, -0.15) is 0 Å². The molecule has 1 aliphatic heterocycles. The Kier molecular flexibility index (Phi) is 5.72. The molecule has 5 rings (SSSR count). The van der Waals surface area contributed by atoms with E-state index in [1.54, 1.807) is 4.90 Å². The van der Waals surface area contributed by atoms with Crippen molar-refractivity contribution in [3.63, 3.8) is 0 Å². The zero-order chi connectivity index (χ0) is 22.6. The maximum atomic E-state index is 13.5. The molecule has 1 N–H and O–H groups in total. The summed E-state index contributed by atoms with van der Waals surface area (Å²) in [5.41, 5.74) is 3.95. The first-order valence-corrected chi connectivity index (χ1v) is 11.0. The summed E-state index contributed by atoms with van der Waals surface area (Å²) in [4.78, 5) is 34.5. The van der Waals surface area contributed by atoms with Crippen LogP contribution < -0.4 is 5.32 Å². The van der Waals surface area contributed by atoms with Crippen LogP contribution in [0.3, 0.4) is 0 Å². The summed E-state index contributed by atoms with van der Waals surface area (Å²) >= 11 is 0. The van der Waals surface area contributed by atoms with Crippen molar-refractivity contribution in [3.8, 4) is 11.3 Å². The Hall–Kier alpha value is -4.19. The Labute approximate surface area is 192 Å². The molecule has 1 fully saturated rings. The quantitative estimate of drug-likeness (QED) is 0.497. The molecule has 0 spiro atoms. The molecule has 1 aliphatic rings. The highest BCUT2D eigenvalue weighted by Crippen LogP contribution is 2.26. The van der Waals surface area contributed by atoms with Gasteiger partial charge in [0.2, 0.25) is 0 Å². The number of amides is 3. The number of anilines is 1. The van der Waals surface area contributed by atoms with Crippen LogP contribution in [0.15, 0.2) is 91.0 Å². The Morgan fingerprint density at radius 3 is 2.06 bits per heavy atom. The van der Waals surface area contributed by atoms with Crippen LogP contribution in [0.2, 0.25) is 0 Å². The molecule has 1 saturated heterocycles. The monoisotopic (exact) mass is 436 g/mol. The summed E-state index contributed by atoms with van der Waals surface area (Å²) in [6, 6.07) is 28.7. The summed E-state index contributed by atoms with van der Waals surface area (Å²) in [5.74, 6) is -0.0334. The third-order valence-corrected chi connectivity index (χ3v) is 5.90. The van der Waals surface area contributed by atoms with Gasteiger partial charge < -0.3 is 15.1 Å². The van der Waals surface area contributed by atoms with Crippen molar-refractivity contribution in [2.75, 3.05) is 31.5 Å². The van der Waals surface area contributed by atoms with Gasteiger partial charge in [-0.1, -0.05) is 66.7 Å².